The number of aryl methyl sites for hydroxylation is 1. The molecule has 6 heteroatoms. The van der Waals surface area contributed by atoms with Crippen LogP contribution in [0.25, 0.3) is 11.1 Å². The van der Waals surface area contributed by atoms with Crippen LogP contribution < -0.4 is 10.2 Å². The summed E-state index contributed by atoms with van der Waals surface area (Å²) in [5.74, 6) is -0.266. The van der Waals surface area contributed by atoms with Crippen molar-refractivity contribution in [2.75, 3.05) is 4.90 Å². The molecule has 2 amide bonds. The molecule has 2 aliphatic rings. The minimum Gasteiger partial charge on any atom is -0.463 e. The Balaban J connectivity index is 1.63. The van der Waals surface area contributed by atoms with Gasteiger partial charge in [0, 0.05) is 23.9 Å². The number of nitrogens with one attached hydrogen (secondary N) is 1. The molecule has 3 aromatic rings. The second kappa shape index (κ2) is 7.29. The summed E-state index contributed by atoms with van der Waals surface area (Å²) in [4.78, 5) is 29.3. The maximum absolute atomic E-state index is 13.8. The highest BCUT2D eigenvalue weighted by atomic mass is 16.3. The van der Waals surface area contributed by atoms with Crippen molar-refractivity contribution in [1.82, 2.24) is 9.88 Å². The van der Waals surface area contributed by atoms with Crippen LogP contribution in [0, 0.1) is 13.8 Å². The van der Waals surface area contributed by atoms with Gasteiger partial charge in [-0.2, -0.15) is 0 Å². The lowest BCUT2D eigenvalue weighted by atomic mass is 9.90. The molecule has 6 nitrogen and oxygen atoms in total. The van der Waals surface area contributed by atoms with E-state index < -0.39 is 5.54 Å². The van der Waals surface area contributed by atoms with Gasteiger partial charge in [0.1, 0.15) is 11.2 Å². The number of amides is 2. The Morgan fingerprint density at radius 2 is 1.94 bits per heavy atom. The SMILES string of the molecule is Cc1cccc(N2C(=O)c3cc4occc4n3C[C@]2(C)C(=O)NC2CCCCC2)c1C. The molecule has 0 saturated heterocycles. The molecule has 1 aromatic carbocycles. The number of nitrogens with zero attached hydrogens (tertiary/aromatic N) is 2. The molecule has 5 rings (SSSR count). The van der Waals surface area contributed by atoms with Crippen molar-refractivity contribution < 1.29 is 14.0 Å². The fourth-order valence-corrected chi connectivity index (χ4v) is 5.16. The van der Waals surface area contributed by atoms with E-state index in [9.17, 15) is 9.59 Å². The zero-order chi connectivity index (χ0) is 21.8. The van der Waals surface area contributed by atoms with E-state index in [1.165, 1.54) is 6.42 Å². The average molecular weight is 420 g/mol. The number of benzene rings is 1. The van der Waals surface area contributed by atoms with Gasteiger partial charge in [-0.05, 0) is 50.8 Å². The van der Waals surface area contributed by atoms with E-state index in [1.54, 1.807) is 17.2 Å². The zero-order valence-corrected chi connectivity index (χ0v) is 18.4. The topological polar surface area (TPSA) is 67.5 Å². The van der Waals surface area contributed by atoms with Crippen LogP contribution in [-0.4, -0.2) is 28.0 Å². The van der Waals surface area contributed by atoms with Gasteiger partial charge in [-0.3, -0.25) is 14.5 Å². The smallest absolute Gasteiger partial charge is 0.276 e. The van der Waals surface area contributed by atoms with Gasteiger partial charge in [0.25, 0.3) is 5.91 Å². The van der Waals surface area contributed by atoms with Crippen LogP contribution in [0.2, 0.25) is 0 Å². The van der Waals surface area contributed by atoms with Crippen molar-refractivity contribution in [3.63, 3.8) is 0 Å². The van der Waals surface area contributed by atoms with Crippen LogP contribution in [0.4, 0.5) is 5.69 Å². The Hall–Kier alpha value is -3.02. The summed E-state index contributed by atoms with van der Waals surface area (Å²) in [6, 6.07) is 9.74. The summed E-state index contributed by atoms with van der Waals surface area (Å²) in [5.41, 5.74) is 3.91. The van der Waals surface area contributed by atoms with Gasteiger partial charge in [-0.1, -0.05) is 31.4 Å². The van der Waals surface area contributed by atoms with Gasteiger partial charge in [-0.15, -0.1) is 0 Å². The molecular weight excluding hydrogens is 390 g/mol. The molecule has 1 aliphatic heterocycles. The maximum atomic E-state index is 13.8. The highest BCUT2D eigenvalue weighted by Crippen LogP contribution is 2.38. The highest BCUT2D eigenvalue weighted by Gasteiger charge is 2.49. The molecule has 1 saturated carbocycles. The van der Waals surface area contributed by atoms with Crippen molar-refractivity contribution in [2.45, 2.75) is 71.0 Å². The van der Waals surface area contributed by atoms with Gasteiger partial charge in [0.15, 0.2) is 5.58 Å². The number of rotatable bonds is 3. The van der Waals surface area contributed by atoms with Gasteiger partial charge in [-0.25, -0.2) is 0 Å². The minimum atomic E-state index is -1.05. The number of carbonyl (C=O) groups excluding carboxylic acids is 2. The van der Waals surface area contributed by atoms with E-state index in [1.807, 2.05) is 49.6 Å². The first-order valence-electron chi connectivity index (χ1n) is 11.2. The first kappa shape index (κ1) is 19.9. The summed E-state index contributed by atoms with van der Waals surface area (Å²) < 4.78 is 7.49. The molecule has 3 heterocycles. The molecule has 1 N–H and O–H groups in total. The number of furan rings is 1. The summed E-state index contributed by atoms with van der Waals surface area (Å²) in [6.07, 6.45) is 7.12. The Bertz CT molecular complexity index is 1170. The summed E-state index contributed by atoms with van der Waals surface area (Å²) in [6.45, 7) is 6.31. The van der Waals surface area contributed by atoms with Gasteiger partial charge >= 0.3 is 0 Å². The monoisotopic (exact) mass is 419 g/mol. The molecule has 162 valence electrons. The van der Waals surface area contributed by atoms with E-state index in [-0.39, 0.29) is 17.9 Å². The molecule has 31 heavy (non-hydrogen) atoms. The minimum absolute atomic E-state index is 0.0929. The fraction of sp³-hybridized carbons (Fsp3) is 0.440. The van der Waals surface area contributed by atoms with Crippen LogP contribution in [0.15, 0.2) is 41.0 Å². The van der Waals surface area contributed by atoms with Crippen molar-refractivity contribution in [2.24, 2.45) is 0 Å². The van der Waals surface area contributed by atoms with Gasteiger partial charge in [0.05, 0.1) is 18.3 Å². The molecule has 0 bridgehead atoms. The van der Waals surface area contributed by atoms with E-state index in [4.69, 9.17) is 4.42 Å². The van der Waals surface area contributed by atoms with E-state index >= 15 is 0 Å². The van der Waals surface area contributed by atoms with Crippen LogP contribution in [0.5, 0.6) is 0 Å². The van der Waals surface area contributed by atoms with E-state index in [2.05, 4.69) is 5.32 Å². The van der Waals surface area contributed by atoms with Crippen LogP contribution >= 0.6 is 0 Å². The summed E-state index contributed by atoms with van der Waals surface area (Å²) in [7, 11) is 0. The molecule has 1 aliphatic carbocycles. The molecule has 1 atom stereocenters. The molecular formula is C25H29N3O3. The Morgan fingerprint density at radius 3 is 2.71 bits per heavy atom. The Morgan fingerprint density at radius 1 is 1.16 bits per heavy atom. The molecule has 0 radical (unpaired) electrons. The average Bonchev–Trinajstić information content (AvgIpc) is 3.34. The normalized spacial score (nSPS) is 22.0. The van der Waals surface area contributed by atoms with Crippen molar-refractivity contribution in [3.05, 3.63) is 53.4 Å². The van der Waals surface area contributed by atoms with Crippen molar-refractivity contribution in [3.8, 4) is 0 Å². The predicted octanol–water partition coefficient (Wildman–Crippen LogP) is 4.72. The Labute approximate surface area is 182 Å². The second-order valence-electron chi connectivity index (χ2n) is 9.23. The predicted molar refractivity (Wildman–Crippen MR) is 120 cm³/mol. The maximum Gasteiger partial charge on any atom is 0.276 e. The standard InChI is InChI=1S/C25H29N3O3/c1-16-8-7-11-19(17(16)2)28-23(29)21-14-22-20(12-13-31-22)27(21)15-25(28,3)24(30)26-18-9-5-4-6-10-18/h7-8,11-14,18H,4-6,9-10,15H2,1-3H3,(H,26,30)/t25-/m1/s1. The van der Waals surface area contributed by atoms with E-state index in [0.29, 0.717) is 17.8 Å². The summed E-state index contributed by atoms with van der Waals surface area (Å²) in [5, 5.41) is 3.28. The second-order valence-corrected chi connectivity index (χ2v) is 9.23. The largest absolute Gasteiger partial charge is 0.463 e. The summed E-state index contributed by atoms with van der Waals surface area (Å²) >= 11 is 0. The van der Waals surface area contributed by atoms with Gasteiger partial charge < -0.3 is 14.3 Å². The molecule has 1 fully saturated rings. The number of anilines is 1. The Kier molecular flexibility index (Phi) is 4.68. The lowest BCUT2D eigenvalue weighted by Gasteiger charge is -2.45. The number of fused-ring (bicyclic) bond motifs is 3. The first-order valence-corrected chi connectivity index (χ1v) is 11.2. The molecule has 0 spiro atoms. The molecule has 0 unspecified atom stereocenters. The van der Waals surface area contributed by atoms with Crippen LogP contribution in [0.1, 0.15) is 60.6 Å². The van der Waals surface area contributed by atoms with Crippen molar-refractivity contribution >= 4 is 28.6 Å². The quantitative estimate of drug-likeness (QED) is 0.668. The third-order valence-electron chi connectivity index (χ3n) is 7.15. The third kappa shape index (κ3) is 3.08. The molecule has 2 aromatic heterocycles. The number of aromatic nitrogens is 1. The van der Waals surface area contributed by atoms with E-state index in [0.717, 1.165) is 48.0 Å². The number of hydrogen-bond donors (Lipinski definition) is 1. The van der Waals surface area contributed by atoms with Gasteiger partial charge in [0.2, 0.25) is 5.91 Å². The zero-order valence-electron chi connectivity index (χ0n) is 18.4. The fourth-order valence-electron chi connectivity index (χ4n) is 5.16. The number of hydrogen-bond acceptors (Lipinski definition) is 3. The highest BCUT2D eigenvalue weighted by molar-refractivity contribution is 6.14. The lowest BCUT2D eigenvalue weighted by Crippen LogP contribution is -2.65. The first-order chi connectivity index (χ1) is 14.9. The lowest BCUT2D eigenvalue weighted by molar-refractivity contribution is -0.127. The third-order valence-corrected chi connectivity index (χ3v) is 7.15. The van der Waals surface area contributed by atoms with Crippen molar-refractivity contribution in [1.29, 1.82) is 0 Å². The number of carbonyl (C=O) groups is 2. The van der Waals surface area contributed by atoms with Crippen LogP contribution in [-0.2, 0) is 11.3 Å². The van der Waals surface area contributed by atoms with Crippen LogP contribution in [0.3, 0.4) is 0 Å².